The molecule has 0 saturated heterocycles. The van der Waals surface area contributed by atoms with Crippen molar-refractivity contribution < 1.29 is 14.3 Å². The molecule has 2 rings (SSSR count). The van der Waals surface area contributed by atoms with Crippen molar-refractivity contribution in [2.45, 2.75) is 19.9 Å². The minimum Gasteiger partial charge on any atom is -0.478 e. The molecule has 0 spiro atoms. The van der Waals surface area contributed by atoms with Crippen LogP contribution in [0.3, 0.4) is 0 Å². The highest BCUT2D eigenvalue weighted by molar-refractivity contribution is 5.94. The molecule has 6 heteroatoms. The summed E-state index contributed by atoms with van der Waals surface area (Å²) in [6.45, 7) is 2.32. The van der Waals surface area contributed by atoms with Crippen LogP contribution in [0, 0.1) is 5.82 Å². The molecule has 110 valence electrons. The summed E-state index contributed by atoms with van der Waals surface area (Å²) in [5.41, 5.74) is 7.20. The fourth-order valence-electron chi connectivity index (χ4n) is 2.04. The molecule has 0 aliphatic rings. The monoisotopic (exact) mass is 289 g/mol. The van der Waals surface area contributed by atoms with Crippen molar-refractivity contribution in [2.24, 2.45) is 0 Å². The number of halogens is 1. The maximum Gasteiger partial charge on any atom is 0.337 e. The van der Waals surface area contributed by atoms with Gasteiger partial charge in [0.25, 0.3) is 0 Å². The Bertz CT molecular complexity index is 674. The molecule has 0 amide bonds. The second-order valence-electron chi connectivity index (χ2n) is 4.54. The lowest BCUT2D eigenvalue weighted by Crippen LogP contribution is -2.09. The number of rotatable bonds is 5. The van der Waals surface area contributed by atoms with Gasteiger partial charge in [0.05, 0.1) is 23.5 Å². The number of hydrogen-bond acceptors (Lipinski definition) is 4. The van der Waals surface area contributed by atoms with Crippen molar-refractivity contribution in [3.05, 3.63) is 53.1 Å². The maximum atomic E-state index is 13.8. The van der Waals surface area contributed by atoms with Gasteiger partial charge in [0, 0.05) is 11.9 Å². The van der Waals surface area contributed by atoms with Gasteiger partial charge in [0.2, 0.25) is 0 Å². The van der Waals surface area contributed by atoms with E-state index >= 15 is 0 Å². The number of aromatic carboxylic acids is 1. The van der Waals surface area contributed by atoms with E-state index in [1.165, 1.54) is 6.07 Å². The second-order valence-corrected chi connectivity index (χ2v) is 4.54. The molecular weight excluding hydrogens is 273 g/mol. The fraction of sp³-hybridized carbons (Fsp3) is 0.200. The van der Waals surface area contributed by atoms with E-state index in [1.807, 2.05) is 19.1 Å². The standard InChI is InChI=1S/C15H16FN3O2/c1-2-9-4-3-5-18-14(9)8-19-13-6-10(15(20)21)12(17)7-11(13)16/h3-7,19H,2,8,17H2,1H3,(H,20,21). The van der Waals surface area contributed by atoms with Crippen LogP contribution in [0.5, 0.6) is 0 Å². The molecule has 0 saturated carbocycles. The molecule has 4 N–H and O–H groups in total. The number of nitrogens with two attached hydrogens (primary N) is 1. The summed E-state index contributed by atoms with van der Waals surface area (Å²) in [6.07, 6.45) is 2.48. The zero-order valence-corrected chi connectivity index (χ0v) is 11.6. The van der Waals surface area contributed by atoms with Crippen molar-refractivity contribution in [1.82, 2.24) is 4.98 Å². The molecule has 0 fully saturated rings. The molecule has 0 radical (unpaired) electrons. The Hall–Kier alpha value is -2.63. The SMILES string of the molecule is CCc1cccnc1CNc1cc(C(=O)O)c(N)cc1F. The van der Waals surface area contributed by atoms with Gasteiger partial charge in [-0.1, -0.05) is 13.0 Å². The normalized spacial score (nSPS) is 10.4. The van der Waals surface area contributed by atoms with E-state index in [2.05, 4.69) is 10.3 Å². The predicted molar refractivity (Wildman–Crippen MR) is 78.7 cm³/mol. The van der Waals surface area contributed by atoms with Crippen LogP contribution in [0.15, 0.2) is 30.5 Å². The van der Waals surface area contributed by atoms with E-state index in [0.29, 0.717) is 6.54 Å². The summed E-state index contributed by atoms with van der Waals surface area (Å²) < 4.78 is 13.8. The van der Waals surface area contributed by atoms with Crippen molar-refractivity contribution >= 4 is 17.3 Å². The average molecular weight is 289 g/mol. The summed E-state index contributed by atoms with van der Waals surface area (Å²) >= 11 is 0. The number of benzene rings is 1. The van der Waals surface area contributed by atoms with Crippen LogP contribution in [-0.4, -0.2) is 16.1 Å². The molecule has 0 bridgehead atoms. The second kappa shape index (κ2) is 6.21. The minimum absolute atomic E-state index is 0.0920. The number of aromatic nitrogens is 1. The zero-order chi connectivity index (χ0) is 15.4. The largest absolute Gasteiger partial charge is 0.478 e. The van der Waals surface area contributed by atoms with Gasteiger partial charge in [-0.15, -0.1) is 0 Å². The van der Waals surface area contributed by atoms with Gasteiger partial charge in [-0.05, 0) is 30.2 Å². The number of pyridine rings is 1. The topological polar surface area (TPSA) is 88.2 Å². The first-order valence-electron chi connectivity index (χ1n) is 6.52. The number of carbonyl (C=O) groups is 1. The van der Waals surface area contributed by atoms with Crippen molar-refractivity contribution in [2.75, 3.05) is 11.1 Å². The van der Waals surface area contributed by atoms with Gasteiger partial charge < -0.3 is 16.2 Å². The molecule has 0 aliphatic heterocycles. The molecule has 21 heavy (non-hydrogen) atoms. The fourth-order valence-corrected chi connectivity index (χ4v) is 2.04. The number of carboxylic acid groups (broad SMARTS) is 1. The smallest absolute Gasteiger partial charge is 0.337 e. The first-order valence-corrected chi connectivity index (χ1v) is 6.52. The summed E-state index contributed by atoms with van der Waals surface area (Å²) in [5, 5.41) is 11.9. The van der Waals surface area contributed by atoms with Gasteiger partial charge in [0.1, 0.15) is 5.82 Å². The lowest BCUT2D eigenvalue weighted by Gasteiger charge is -2.11. The van der Waals surface area contributed by atoms with E-state index in [0.717, 1.165) is 23.7 Å². The molecule has 2 aromatic rings. The van der Waals surface area contributed by atoms with Gasteiger partial charge in [-0.25, -0.2) is 9.18 Å². The lowest BCUT2D eigenvalue weighted by atomic mass is 10.1. The van der Waals surface area contributed by atoms with E-state index < -0.39 is 11.8 Å². The Labute approximate surface area is 121 Å². The molecule has 0 aliphatic carbocycles. The van der Waals surface area contributed by atoms with Crippen LogP contribution in [0.25, 0.3) is 0 Å². The summed E-state index contributed by atoms with van der Waals surface area (Å²) in [7, 11) is 0. The van der Waals surface area contributed by atoms with Crippen molar-refractivity contribution in [1.29, 1.82) is 0 Å². The zero-order valence-electron chi connectivity index (χ0n) is 11.6. The van der Waals surface area contributed by atoms with Gasteiger partial charge >= 0.3 is 5.97 Å². The third-order valence-corrected chi connectivity index (χ3v) is 3.18. The number of hydrogen-bond donors (Lipinski definition) is 3. The molecule has 0 atom stereocenters. The summed E-state index contributed by atoms with van der Waals surface area (Å²) in [4.78, 5) is 15.3. The number of nitrogen functional groups attached to an aromatic ring is 1. The summed E-state index contributed by atoms with van der Waals surface area (Å²) in [5.74, 6) is -1.78. The third kappa shape index (κ3) is 3.28. The predicted octanol–water partition coefficient (Wildman–Crippen LogP) is 2.68. The number of carboxylic acids is 1. The van der Waals surface area contributed by atoms with Crippen molar-refractivity contribution in [3.8, 4) is 0 Å². The average Bonchev–Trinajstić information content (AvgIpc) is 2.46. The molecule has 1 aromatic heterocycles. The van der Waals surface area contributed by atoms with Crippen LogP contribution in [0.4, 0.5) is 15.8 Å². The van der Waals surface area contributed by atoms with E-state index in [-0.39, 0.29) is 16.9 Å². The Morgan fingerprint density at radius 3 is 2.90 bits per heavy atom. The Morgan fingerprint density at radius 1 is 1.48 bits per heavy atom. The maximum absolute atomic E-state index is 13.8. The van der Waals surface area contributed by atoms with Crippen LogP contribution in [-0.2, 0) is 13.0 Å². The molecule has 1 heterocycles. The van der Waals surface area contributed by atoms with Crippen LogP contribution in [0.2, 0.25) is 0 Å². The molecule has 1 aromatic carbocycles. The summed E-state index contributed by atoms with van der Waals surface area (Å²) in [6, 6.07) is 5.99. The highest BCUT2D eigenvalue weighted by Crippen LogP contribution is 2.23. The van der Waals surface area contributed by atoms with E-state index in [4.69, 9.17) is 10.8 Å². The van der Waals surface area contributed by atoms with E-state index in [1.54, 1.807) is 6.20 Å². The third-order valence-electron chi connectivity index (χ3n) is 3.18. The molecule has 0 unspecified atom stereocenters. The number of nitrogens with zero attached hydrogens (tertiary/aromatic N) is 1. The Balaban J connectivity index is 2.24. The van der Waals surface area contributed by atoms with Crippen LogP contribution < -0.4 is 11.1 Å². The molecular formula is C15H16FN3O2. The van der Waals surface area contributed by atoms with E-state index in [9.17, 15) is 9.18 Å². The van der Waals surface area contributed by atoms with Crippen LogP contribution in [0.1, 0.15) is 28.5 Å². The lowest BCUT2D eigenvalue weighted by molar-refractivity contribution is 0.0698. The Kier molecular flexibility index (Phi) is 4.37. The van der Waals surface area contributed by atoms with Gasteiger partial charge in [-0.2, -0.15) is 0 Å². The first-order chi connectivity index (χ1) is 10.0. The highest BCUT2D eigenvalue weighted by atomic mass is 19.1. The first kappa shape index (κ1) is 14.8. The Morgan fingerprint density at radius 2 is 2.24 bits per heavy atom. The highest BCUT2D eigenvalue weighted by Gasteiger charge is 2.13. The van der Waals surface area contributed by atoms with Crippen molar-refractivity contribution in [3.63, 3.8) is 0 Å². The van der Waals surface area contributed by atoms with Gasteiger partial charge in [0.15, 0.2) is 0 Å². The minimum atomic E-state index is -1.19. The number of aryl methyl sites for hydroxylation is 1. The number of anilines is 2. The number of nitrogens with one attached hydrogen (secondary N) is 1. The van der Waals surface area contributed by atoms with Gasteiger partial charge in [-0.3, -0.25) is 4.98 Å². The van der Waals surface area contributed by atoms with Crippen LogP contribution >= 0.6 is 0 Å². The quantitative estimate of drug-likeness (QED) is 0.736. The molecule has 5 nitrogen and oxygen atoms in total.